The third kappa shape index (κ3) is 59.7. The molecule has 0 aromatic rings. The third-order valence-corrected chi connectivity index (χ3v) is 13.9. The van der Waals surface area contributed by atoms with E-state index in [-0.39, 0.29) is 31.1 Å². The molecule has 0 bridgehead atoms. The lowest BCUT2D eigenvalue weighted by Gasteiger charge is -2.18. The SMILES string of the molecule is CC/C=C\C/C=C\C/C=C\C/C=C\C/C=C\CCCCCCCCCCCCCC(=O)OCC(COC(=O)CCCCCCCCCCCC)OC(=O)CCCCCCCCCCC/C=C\CCCCCCCC. The molecule has 0 spiro atoms. The molecule has 0 heterocycles. The van der Waals surface area contributed by atoms with Gasteiger partial charge in [0.15, 0.2) is 6.10 Å². The summed E-state index contributed by atoms with van der Waals surface area (Å²) in [5, 5.41) is 0. The smallest absolute Gasteiger partial charge is 0.306 e. The summed E-state index contributed by atoms with van der Waals surface area (Å²) < 4.78 is 16.9. The Hall–Kier alpha value is -3.15. The van der Waals surface area contributed by atoms with Gasteiger partial charge < -0.3 is 14.2 Å². The monoisotopic (exact) mass is 1030 g/mol. The van der Waals surface area contributed by atoms with E-state index < -0.39 is 6.10 Å². The first-order valence-electron chi connectivity index (χ1n) is 31.9. The van der Waals surface area contributed by atoms with Crippen molar-refractivity contribution in [3.8, 4) is 0 Å². The second kappa shape index (κ2) is 62.4. The van der Waals surface area contributed by atoms with Crippen molar-refractivity contribution in [3.05, 3.63) is 72.9 Å². The van der Waals surface area contributed by atoms with Crippen LogP contribution in [0.1, 0.15) is 323 Å². The molecule has 428 valence electrons. The standard InChI is InChI=1S/C68H120O6/c1-4-7-10-13-16-19-22-24-26-28-30-31-32-33-34-35-36-37-39-40-42-44-46-49-52-55-58-61-67(70)73-64-65(63-72-66(69)60-57-54-51-48-21-18-15-12-9-6-3)74-68(71)62-59-56-53-50-47-45-43-41-38-29-27-25-23-20-17-14-11-8-5-2/h7,10,16,19,24-27,30-31,33-34,65H,4-6,8-9,11-15,17-18,20-23,28-29,32,35-64H2,1-3H3/b10-7-,19-16-,26-24-,27-25-,31-30-,34-33-. The second-order valence-electron chi connectivity index (χ2n) is 21.3. The zero-order chi connectivity index (χ0) is 53.6. The molecule has 6 heteroatoms. The molecule has 74 heavy (non-hydrogen) atoms. The maximum absolute atomic E-state index is 12.9. The molecule has 0 amide bonds. The quantitative estimate of drug-likeness (QED) is 0.0261. The van der Waals surface area contributed by atoms with Crippen molar-refractivity contribution in [2.75, 3.05) is 13.2 Å². The number of esters is 3. The van der Waals surface area contributed by atoms with E-state index in [4.69, 9.17) is 14.2 Å². The van der Waals surface area contributed by atoms with Gasteiger partial charge in [0.1, 0.15) is 13.2 Å². The van der Waals surface area contributed by atoms with E-state index in [0.717, 1.165) is 89.9 Å². The fourth-order valence-corrected chi connectivity index (χ4v) is 9.17. The normalized spacial score (nSPS) is 12.5. The summed E-state index contributed by atoms with van der Waals surface area (Å²) in [6, 6.07) is 0. The molecule has 6 nitrogen and oxygen atoms in total. The van der Waals surface area contributed by atoms with Crippen LogP contribution in [0.15, 0.2) is 72.9 Å². The van der Waals surface area contributed by atoms with Crippen LogP contribution in [0.3, 0.4) is 0 Å². The van der Waals surface area contributed by atoms with Gasteiger partial charge in [-0.1, -0.05) is 286 Å². The van der Waals surface area contributed by atoms with Gasteiger partial charge in [-0.15, -0.1) is 0 Å². The molecule has 0 aliphatic carbocycles. The topological polar surface area (TPSA) is 78.9 Å². The number of ether oxygens (including phenoxy) is 3. The number of carbonyl (C=O) groups excluding carboxylic acids is 3. The number of rotatable bonds is 58. The van der Waals surface area contributed by atoms with Gasteiger partial charge in [-0.25, -0.2) is 0 Å². The van der Waals surface area contributed by atoms with Crippen molar-refractivity contribution in [3.63, 3.8) is 0 Å². The Morgan fingerprint density at radius 1 is 0.284 bits per heavy atom. The van der Waals surface area contributed by atoms with Crippen LogP contribution in [0.4, 0.5) is 0 Å². The van der Waals surface area contributed by atoms with Gasteiger partial charge in [0.25, 0.3) is 0 Å². The second-order valence-corrected chi connectivity index (χ2v) is 21.3. The predicted octanol–water partition coefficient (Wildman–Crippen LogP) is 21.7. The first kappa shape index (κ1) is 70.8. The maximum atomic E-state index is 12.9. The molecule has 0 rings (SSSR count). The highest BCUT2D eigenvalue weighted by molar-refractivity contribution is 5.71. The Kier molecular flexibility index (Phi) is 59.7. The van der Waals surface area contributed by atoms with Gasteiger partial charge in [-0.2, -0.15) is 0 Å². The van der Waals surface area contributed by atoms with Gasteiger partial charge >= 0.3 is 17.9 Å². The number of hydrogen-bond donors (Lipinski definition) is 0. The highest BCUT2D eigenvalue weighted by atomic mass is 16.6. The van der Waals surface area contributed by atoms with Crippen LogP contribution in [0.5, 0.6) is 0 Å². The van der Waals surface area contributed by atoms with Gasteiger partial charge in [-0.3, -0.25) is 14.4 Å². The fraction of sp³-hybridized carbons (Fsp3) is 0.779. The van der Waals surface area contributed by atoms with E-state index in [0.29, 0.717) is 19.3 Å². The van der Waals surface area contributed by atoms with E-state index in [1.54, 1.807) is 0 Å². The molecule has 0 aliphatic heterocycles. The van der Waals surface area contributed by atoms with Crippen LogP contribution in [-0.2, 0) is 28.6 Å². The summed E-state index contributed by atoms with van der Waals surface area (Å²) in [7, 11) is 0. The van der Waals surface area contributed by atoms with Crippen LogP contribution >= 0.6 is 0 Å². The lowest BCUT2D eigenvalue weighted by Crippen LogP contribution is -2.30. The largest absolute Gasteiger partial charge is 0.462 e. The van der Waals surface area contributed by atoms with Gasteiger partial charge in [-0.05, 0) is 89.9 Å². The Balaban J connectivity index is 4.22. The summed E-state index contributed by atoms with van der Waals surface area (Å²) in [6.45, 7) is 6.54. The van der Waals surface area contributed by atoms with Crippen molar-refractivity contribution in [1.82, 2.24) is 0 Å². The Bertz CT molecular complexity index is 1370. The molecule has 1 atom stereocenters. The molecule has 0 saturated carbocycles. The Morgan fingerprint density at radius 2 is 0.527 bits per heavy atom. The minimum atomic E-state index is -0.775. The fourth-order valence-electron chi connectivity index (χ4n) is 9.17. The van der Waals surface area contributed by atoms with Crippen LogP contribution < -0.4 is 0 Å². The zero-order valence-electron chi connectivity index (χ0n) is 49.1. The summed E-state index contributed by atoms with van der Waals surface area (Å²) in [4.78, 5) is 38.2. The van der Waals surface area contributed by atoms with E-state index in [1.165, 1.54) is 193 Å². The zero-order valence-corrected chi connectivity index (χ0v) is 49.1. The maximum Gasteiger partial charge on any atom is 0.306 e. The first-order valence-corrected chi connectivity index (χ1v) is 31.9. The van der Waals surface area contributed by atoms with Crippen LogP contribution in [0.25, 0.3) is 0 Å². The highest BCUT2D eigenvalue weighted by Gasteiger charge is 2.19. The lowest BCUT2D eigenvalue weighted by atomic mass is 10.0. The molecular weight excluding hydrogens is 913 g/mol. The molecule has 0 radical (unpaired) electrons. The van der Waals surface area contributed by atoms with Crippen molar-refractivity contribution >= 4 is 17.9 Å². The molecule has 0 aliphatic rings. The van der Waals surface area contributed by atoms with Gasteiger partial charge in [0, 0.05) is 19.3 Å². The number of hydrogen-bond acceptors (Lipinski definition) is 6. The molecule has 0 aromatic heterocycles. The summed E-state index contributed by atoms with van der Waals surface area (Å²) in [5.41, 5.74) is 0. The number of carbonyl (C=O) groups is 3. The van der Waals surface area contributed by atoms with Crippen molar-refractivity contribution in [2.45, 2.75) is 329 Å². The first-order chi connectivity index (χ1) is 36.5. The van der Waals surface area contributed by atoms with Gasteiger partial charge in [0.05, 0.1) is 0 Å². The van der Waals surface area contributed by atoms with Crippen LogP contribution in [-0.4, -0.2) is 37.2 Å². The van der Waals surface area contributed by atoms with E-state index >= 15 is 0 Å². The van der Waals surface area contributed by atoms with Crippen LogP contribution in [0, 0.1) is 0 Å². The van der Waals surface area contributed by atoms with Gasteiger partial charge in [0.2, 0.25) is 0 Å². The van der Waals surface area contributed by atoms with Crippen LogP contribution in [0.2, 0.25) is 0 Å². The summed E-state index contributed by atoms with van der Waals surface area (Å²) in [5.74, 6) is -0.865. The lowest BCUT2D eigenvalue weighted by molar-refractivity contribution is -0.167. The molecule has 0 fully saturated rings. The Morgan fingerprint density at radius 3 is 0.838 bits per heavy atom. The molecular formula is C68H120O6. The predicted molar refractivity (Wildman–Crippen MR) is 321 cm³/mol. The minimum Gasteiger partial charge on any atom is -0.462 e. The Labute approximate surface area is 459 Å². The number of allylic oxidation sites excluding steroid dienone is 12. The molecule has 0 N–H and O–H groups in total. The van der Waals surface area contributed by atoms with Crippen molar-refractivity contribution in [2.24, 2.45) is 0 Å². The van der Waals surface area contributed by atoms with E-state index in [9.17, 15) is 14.4 Å². The van der Waals surface area contributed by atoms with Crippen molar-refractivity contribution < 1.29 is 28.6 Å². The molecule has 0 aromatic carbocycles. The summed E-state index contributed by atoms with van der Waals surface area (Å²) in [6.07, 6.45) is 80.5. The highest BCUT2D eigenvalue weighted by Crippen LogP contribution is 2.17. The van der Waals surface area contributed by atoms with E-state index in [2.05, 4.69) is 93.7 Å². The minimum absolute atomic E-state index is 0.0732. The summed E-state index contributed by atoms with van der Waals surface area (Å²) >= 11 is 0. The number of unbranched alkanes of at least 4 members (excludes halogenated alkanes) is 35. The van der Waals surface area contributed by atoms with Crippen molar-refractivity contribution in [1.29, 1.82) is 0 Å². The molecule has 1 unspecified atom stereocenters. The molecule has 0 saturated heterocycles. The average Bonchev–Trinajstić information content (AvgIpc) is 3.40. The average molecular weight is 1030 g/mol. The third-order valence-electron chi connectivity index (χ3n) is 13.9. The van der Waals surface area contributed by atoms with E-state index in [1.807, 2.05) is 0 Å².